The Morgan fingerprint density at radius 2 is 2.00 bits per heavy atom. The van der Waals surface area contributed by atoms with Gasteiger partial charge in [-0.25, -0.2) is 4.98 Å². The highest BCUT2D eigenvalue weighted by Gasteiger charge is 2.33. The molecular formula is C24H26N4O3. The quantitative estimate of drug-likeness (QED) is 0.691. The molecule has 2 amide bonds. The number of nitrogens with one attached hydrogen (secondary N) is 1. The molecule has 0 spiro atoms. The molecule has 3 aromatic rings. The summed E-state index contributed by atoms with van der Waals surface area (Å²) in [6.45, 7) is 2.63. The first kappa shape index (κ1) is 19.8. The maximum Gasteiger partial charge on any atom is 0.251 e. The standard InChI is InChI=1S/C24H26N4O3/c29-23(26-15-17-7-10-27-12-9-25-22(27)14-17)19-5-3-18(4-6-19)20-8-11-28(16-20)24(30)21-2-1-13-31-21/h3-7,9-10,12,14,20-21H,1-2,8,11,13,15-16H2,(H,26,29)/t20?,21-/m1/s1. The third-order valence-corrected chi connectivity index (χ3v) is 6.26. The van der Waals surface area contributed by atoms with Crippen molar-refractivity contribution in [2.45, 2.75) is 37.8 Å². The number of carbonyl (C=O) groups excluding carboxylic acids is 2. The van der Waals surface area contributed by atoms with Crippen molar-refractivity contribution in [3.8, 4) is 0 Å². The molecule has 2 aliphatic rings. The molecule has 0 bridgehead atoms. The van der Waals surface area contributed by atoms with Crippen LogP contribution in [0.1, 0.15) is 46.7 Å². The lowest BCUT2D eigenvalue weighted by molar-refractivity contribution is -0.139. The Hall–Kier alpha value is -3.19. The monoisotopic (exact) mass is 418 g/mol. The van der Waals surface area contributed by atoms with Gasteiger partial charge in [0.25, 0.3) is 11.8 Å². The highest BCUT2D eigenvalue weighted by Crippen LogP contribution is 2.29. The maximum atomic E-state index is 12.6. The molecule has 2 aliphatic heterocycles. The summed E-state index contributed by atoms with van der Waals surface area (Å²) in [6, 6.07) is 11.7. The minimum Gasteiger partial charge on any atom is -0.368 e. The Labute approximate surface area is 181 Å². The van der Waals surface area contributed by atoms with Gasteiger partial charge in [0.05, 0.1) is 0 Å². The molecule has 0 aliphatic carbocycles. The molecule has 4 heterocycles. The highest BCUT2D eigenvalue weighted by atomic mass is 16.5. The Bertz CT molecular complexity index is 1090. The summed E-state index contributed by atoms with van der Waals surface area (Å²) in [4.78, 5) is 31.3. The largest absolute Gasteiger partial charge is 0.368 e. The van der Waals surface area contributed by atoms with Crippen LogP contribution in [0.15, 0.2) is 55.0 Å². The van der Waals surface area contributed by atoms with E-state index in [-0.39, 0.29) is 17.9 Å². The number of imidazole rings is 1. The third-order valence-electron chi connectivity index (χ3n) is 6.26. The number of likely N-dealkylation sites (tertiary alicyclic amines) is 1. The fourth-order valence-corrected chi connectivity index (χ4v) is 4.46. The van der Waals surface area contributed by atoms with Crippen LogP contribution in [0.5, 0.6) is 0 Å². The number of fused-ring (bicyclic) bond motifs is 1. The van der Waals surface area contributed by atoms with Gasteiger partial charge in [-0.15, -0.1) is 0 Å². The lowest BCUT2D eigenvalue weighted by atomic mass is 9.97. The molecule has 0 radical (unpaired) electrons. The van der Waals surface area contributed by atoms with Gasteiger partial charge in [0.15, 0.2) is 0 Å². The number of ether oxygens (including phenoxy) is 1. The van der Waals surface area contributed by atoms with Crippen LogP contribution in [0.4, 0.5) is 0 Å². The number of nitrogens with zero attached hydrogens (tertiary/aromatic N) is 3. The number of benzene rings is 1. The molecule has 7 nitrogen and oxygen atoms in total. The molecule has 2 atom stereocenters. The van der Waals surface area contributed by atoms with Crippen molar-refractivity contribution in [2.75, 3.05) is 19.7 Å². The normalized spacial score (nSPS) is 21.0. The van der Waals surface area contributed by atoms with Gasteiger partial charge in [-0.3, -0.25) is 9.59 Å². The molecule has 160 valence electrons. The molecule has 1 N–H and O–H groups in total. The van der Waals surface area contributed by atoms with Gasteiger partial charge in [0.1, 0.15) is 11.8 Å². The van der Waals surface area contributed by atoms with Crippen LogP contribution in [0.25, 0.3) is 5.65 Å². The molecule has 7 heteroatoms. The molecule has 5 rings (SSSR count). The molecule has 2 saturated heterocycles. The van der Waals surface area contributed by atoms with E-state index >= 15 is 0 Å². The van der Waals surface area contributed by atoms with Crippen molar-refractivity contribution in [1.82, 2.24) is 19.6 Å². The van der Waals surface area contributed by atoms with Crippen LogP contribution < -0.4 is 5.32 Å². The molecule has 1 aromatic carbocycles. The number of amides is 2. The zero-order chi connectivity index (χ0) is 21.2. The summed E-state index contributed by atoms with van der Waals surface area (Å²) in [5, 5.41) is 2.97. The van der Waals surface area contributed by atoms with Gasteiger partial charge < -0.3 is 19.4 Å². The minimum absolute atomic E-state index is 0.101. The second kappa shape index (κ2) is 8.51. The maximum absolute atomic E-state index is 12.6. The number of rotatable bonds is 5. The van der Waals surface area contributed by atoms with Crippen molar-refractivity contribution in [1.29, 1.82) is 0 Å². The number of carbonyl (C=O) groups is 2. The lowest BCUT2D eigenvalue weighted by Crippen LogP contribution is -2.37. The van der Waals surface area contributed by atoms with Crippen LogP contribution in [-0.2, 0) is 16.1 Å². The van der Waals surface area contributed by atoms with Gasteiger partial charge in [-0.05, 0) is 54.7 Å². The van der Waals surface area contributed by atoms with Gasteiger partial charge >= 0.3 is 0 Å². The number of hydrogen-bond donors (Lipinski definition) is 1. The SMILES string of the molecule is O=C(NCc1ccn2ccnc2c1)c1ccc(C2CCN(C(=O)[C@H]3CCCO3)C2)cc1. The van der Waals surface area contributed by atoms with E-state index < -0.39 is 0 Å². The zero-order valence-corrected chi connectivity index (χ0v) is 17.4. The second-order valence-electron chi connectivity index (χ2n) is 8.30. The predicted molar refractivity (Wildman–Crippen MR) is 116 cm³/mol. The molecule has 0 saturated carbocycles. The van der Waals surface area contributed by atoms with E-state index in [1.54, 1.807) is 6.20 Å². The van der Waals surface area contributed by atoms with Crippen molar-refractivity contribution in [2.24, 2.45) is 0 Å². The van der Waals surface area contributed by atoms with E-state index in [1.165, 1.54) is 5.56 Å². The first-order valence-electron chi connectivity index (χ1n) is 10.9. The van der Waals surface area contributed by atoms with Crippen LogP contribution in [0, 0.1) is 0 Å². The smallest absolute Gasteiger partial charge is 0.251 e. The van der Waals surface area contributed by atoms with E-state index in [9.17, 15) is 9.59 Å². The molecular weight excluding hydrogens is 392 g/mol. The van der Waals surface area contributed by atoms with E-state index in [4.69, 9.17) is 4.74 Å². The number of pyridine rings is 1. The number of hydrogen-bond acceptors (Lipinski definition) is 4. The Balaban J connectivity index is 1.16. The summed E-state index contributed by atoms with van der Waals surface area (Å²) in [7, 11) is 0. The summed E-state index contributed by atoms with van der Waals surface area (Å²) < 4.78 is 7.47. The third kappa shape index (κ3) is 4.18. The highest BCUT2D eigenvalue weighted by molar-refractivity contribution is 5.94. The first-order valence-corrected chi connectivity index (χ1v) is 10.9. The number of aromatic nitrogens is 2. The van der Waals surface area contributed by atoms with E-state index in [1.807, 2.05) is 58.1 Å². The van der Waals surface area contributed by atoms with Gasteiger partial charge in [-0.2, -0.15) is 0 Å². The Kier molecular flexibility index (Phi) is 5.42. The Morgan fingerprint density at radius 3 is 2.81 bits per heavy atom. The molecule has 31 heavy (non-hydrogen) atoms. The van der Waals surface area contributed by atoms with Crippen LogP contribution >= 0.6 is 0 Å². The topological polar surface area (TPSA) is 75.9 Å². The van der Waals surface area contributed by atoms with Crippen molar-refractivity contribution in [3.63, 3.8) is 0 Å². The van der Waals surface area contributed by atoms with E-state index in [2.05, 4.69) is 10.3 Å². The summed E-state index contributed by atoms with van der Waals surface area (Å²) in [6.07, 6.45) is 8.07. The summed E-state index contributed by atoms with van der Waals surface area (Å²) in [5.74, 6) is 0.338. The fraction of sp³-hybridized carbons (Fsp3) is 0.375. The molecule has 1 unspecified atom stereocenters. The summed E-state index contributed by atoms with van der Waals surface area (Å²) >= 11 is 0. The zero-order valence-electron chi connectivity index (χ0n) is 17.4. The first-order chi connectivity index (χ1) is 15.2. The minimum atomic E-state index is -0.251. The predicted octanol–water partition coefficient (Wildman–Crippen LogP) is 2.76. The van der Waals surface area contributed by atoms with Crippen LogP contribution in [0.2, 0.25) is 0 Å². The van der Waals surface area contributed by atoms with E-state index in [0.717, 1.165) is 43.6 Å². The average molecular weight is 418 g/mol. The fourth-order valence-electron chi connectivity index (χ4n) is 4.46. The van der Waals surface area contributed by atoms with Gasteiger partial charge in [0, 0.05) is 56.3 Å². The summed E-state index contributed by atoms with van der Waals surface area (Å²) in [5.41, 5.74) is 3.67. The van der Waals surface area contributed by atoms with E-state index in [0.29, 0.717) is 24.6 Å². The molecule has 2 aromatic heterocycles. The second-order valence-corrected chi connectivity index (χ2v) is 8.30. The van der Waals surface area contributed by atoms with Crippen molar-refractivity contribution in [3.05, 3.63) is 71.7 Å². The average Bonchev–Trinajstić information content (AvgIpc) is 3.58. The van der Waals surface area contributed by atoms with Crippen LogP contribution in [0.3, 0.4) is 0 Å². The van der Waals surface area contributed by atoms with Crippen LogP contribution in [-0.4, -0.2) is 51.9 Å². The lowest BCUT2D eigenvalue weighted by Gasteiger charge is -2.20. The van der Waals surface area contributed by atoms with Crippen molar-refractivity contribution >= 4 is 17.5 Å². The van der Waals surface area contributed by atoms with Crippen molar-refractivity contribution < 1.29 is 14.3 Å². The Morgan fingerprint density at radius 1 is 1.13 bits per heavy atom. The van der Waals surface area contributed by atoms with Gasteiger partial charge in [0.2, 0.25) is 0 Å². The molecule has 2 fully saturated rings. The van der Waals surface area contributed by atoms with Gasteiger partial charge in [-0.1, -0.05) is 12.1 Å².